The van der Waals surface area contributed by atoms with E-state index >= 15 is 0 Å². The molecule has 2 nitrogen and oxygen atoms in total. The normalized spacial score (nSPS) is 38.5. The van der Waals surface area contributed by atoms with Gasteiger partial charge in [-0.1, -0.05) is 6.92 Å². The highest BCUT2D eigenvalue weighted by atomic mass is 19.3. The number of aliphatic hydroxyl groups is 1. The van der Waals surface area contributed by atoms with Crippen molar-refractivity contribution in [2.24, 2.45) is 11.8 Å². The molecule has 1 saturated heterocycles. The van der Waals surface area contributed by atoms with Crippen LogP contribution in [0.3, 0.4) is 0 Å². The zero-order valence-electron chi connectivity index (χ0n) is 10.5. The summed E-state index contributed by atoms with van der Waals surface area (Å²) >= 11 is 0. The molecule has 2 aliphatic rings. The van der Waals surface area contributed by atoms with Crippen LogP contribution in [0.5, 0.6) is 0 Å². The van der Waals surface area contributed by atoms with Crippen LogP contribution in [0, 0.1) is 11.8 Å². The van der Waals surface area contributed by atoms with Crippen LogP contribution in [0.4, 0.5) is 8.78 Å². The van der Waals surface area contributed by atoms with E-state index in [-0.39, 0.29) is 31.4 Å². The molecule has 0 spiro atoms. The van der Waals surface area contributed by atoms with Crippen molar-refractivity contribution in [1.82, 2.24) is 4.90 Å². The number of likely N-dealkylation sites (tertiary alicyclic amines) is 1. The third-order valence-electron chi connectivity index (χ3n) is 4.42. The first kappa shape index (κ1) is 13.2. The van der Waals surface area contributed by atoms with Crippen LogP contribution in [0.15, 0.2) is 0 Å². The van der Waals surface area contributed by atoms with Crippen molar-refractivity contribution >= 4 is 0 Å². The second-order valence-electron chi connectivity index (χ2n) is 5.83. The average Bonchev–Trinajstić information content (AvgIpc) is 2.58. The Morgan fingerprint density at radius 3 is 2.76 bits per heavy atom. The molecule has 0 amide bonds. The van der Waals surface area contributed by atoms with Crippen molar-refractivity contribution in [3.63, 3.8) is 0 Å². The van der Waals surface area contributed by atoms with Gasteiger partial charge in [0.2, 0.25) is 5.92 Å². The van der Waals surface area contributed by atoms with Crippen LogP contribution in [0.2, 0.25) is 0 Å². The van der Waals surface area contributed by atoms with E-state index in [4.69, 9.17) is 0 Å². The van der Waals surface area contributed by atoms with Crippen LogP contribution >= 0.6 is 0 Å². The van der Waals surface area contributed by atoms with E-state index in [9.17, 15) is 13.9 Å². The quantitative estimate of drug-likeness (QED) is 0.828. The molecule has 0 aromatic rings. The summed E-state index contributed by atoms with van der Waals surface area (Å²) in [6, 6.07) is 0.186. The average molecular weight is 247 g/mol. The summed E-state index contributed by atoms with van der Waals surface area (Å²) < 4.78 is 26.6. The lowest BCUT2D eigenvalue weighted by Gasteiger charge is -2.34. The lowest BCUT2D eigenvalue weighted by Crippen LogP contribution is -2.40. The Balaban J connectivity index is 1.88. The summed E-state index contributed by atoms with van der Waals surface area (Å²) in [5.41, 5.74) is 0. The summed E-state index contributed by atoms with van der Waals surface area (Å²) in [5, 5.41) is 9.35. The van der Waals surface area contributed by atoms with Gasteiger partial charge in [-0.15, -0.1) is 0 Å². The van der Waals surface area contributed by atoms with E-state index in [0.717, 1.165) is 25.9 Å². The highest BCUT2D eigenvalue weighted by Crippen LogP contribution is 2.38. The number of nitrogens with zero attached hydrogens (tertiary/aromatic N) is 1. The zero-order chi connectivity index (χ0) is 12.5. The Kier molecular flexibility index (Phi) is 4.03. The Bertz CT molecular complexity index is 260. The summed E-state index contributed by atoms with van der Waals surface area (Å²) in [5.74, 6) is -1.86. The van der Waals surface area contributed by atoms with Crippen molar-refractivity contribution in [3.05, 3.63) is 0 Å². The molecule has 1 saturated carbocycles. The first-order chi connectivity index (χ1) is 8.02. The third kappa shape index (κ3) is 3.16. The predicted molar refractivity (Wildman–Crippen MR) is 63.1 cm³/mol. The van der Waals surface area contributed by atoms with E-state index in [1.165, 1.54) is 0 Å². The third-order valence-corrected chi connectivity index (χ3v) is 4.42. The van der Waals surface area contributed by atoms with Crippen molar-refractivity contribution in [2.45, 2.75) is 51.0 Å². The second kappa shape index (κ2) is 5.19. The van der Waals surface area contributed by atoms with Crippen molar-refractivity contribution in [1.29, 1.82) is 0 Å². The number of alkyl halides is 2. The topological polar surface area (TPSA) is 23.5 Å². The number of halogens is 2. The highest BCUT2D eigenvalue weighted by molar-refractivity contribution is 4.87. The van der Waals surface area contributed by atoms with Crippen molar-refractivity contribution in [3.8, 4) is 0 Å². The molecule has 0 aromatic heterocycles. The fourth-order valence-corrected chi connectivity index (χ4v) is 3.37. The molecule has 1 N–H and O–H groups in total. The smallest absolute Gasteiger partial charge is 0.248 e. The van der Waals surface area contributed by atoms with Crippen LogP contribution in [0.25, 0.3) is 0 Å². The molecule has 0 radical (unpaired) electrons. The molecule has 1 aliphatic carbocycles. The van der Waals surface area contributed by atoms with Crippen molar-refractivity contribution in [2.75, 3.05) is 19.7 Å². The minimum absolute atomic E-state index is 0.0377. The molecule has 0 bridgehead atoms. The van der Waals surface area contributed by atoms with Gasteiger partial charge in [-0.3, -0.25) is 4.90 Å². The summed E-state index contributed by atoms with van der Waals surface area (Å²) in [6.07, 6.45) is 2.73. The monoisotopic (exact) mass is 247 g/mol. The molecule has 3 unspecified atom stereocenters. The van der Waals surface area contributed by atoms with Gasteiger partial charge < -0.3 is 5.11 Å². The molecular formula is C13H23F2NO. The van der Waals surface area contributed by atoms with Crippen LogP contribution in [-0.4, -0.2) is 41.7 Å². The lowest BCUT2D eigenvalue weighted by atomic mass is 9.86. The summed E-state index contributed by atoms with van der Waals surface area (Å²) in [4.78, 5) is 2.22. The van der Waals surface area contributed by atoms with Gasteiger partial charge in [0.05, 0.1) is 6.61 Å². The van der Waals surface area contributed by atoms with E-state index < -0.39 is 5.92 Å². The molecule has 1 heterocycles. The molecule has 3 atom stereocenters. The number of aliphatic hydroxyl groups excluding tert-OH is 1. The van der Waals surface area contributed by atoms with Gasteiger partial charge in [0.15, 0.2) is 0 Å². The van der Waals surface area contributed by atoms with E-state index in [0.29, 0.717) is 12.3 Å². The molecule has 0 aromatic carbocycles. The van der Waals surface area contributed by atoms with Gasteiger partial charge >= 0.3 is 0 Å². The van der Waals surface area contributed by atoms with Crippen LogP contribution in [-0.2, 0) is 0 Å². The van der Waals surface area contributed by atoms with Gasteiger partial charge in [-0.2, -0.15) is 0 Å². The Morgan fingerprint density at radius 1 is 1.35 bits per heavy atom. The summed E-state index contributed by atoms with van der Waals surface area (Å²) in [6.45, 7) is 3.99. The largest absolute Gasteiger partial charge is 0.395 e. The molecule has 2 fully saturated rings. The maximum atomic E-state index is 13.3. The van der Waals surface area contributed by atoms with E-state index in [1.807, 2.05) is 0 Å². The van der Waals surface area contributed by atoms with Gasteiger partial charge in [0.1, 0.15) is 0 Å². The van der Waals surface area contributed by atoms with Crippen LogP contribution in [0.1, 0.15) is 39.0 Å². The first-order valence-corrected chi connectivity index (χ1v) is 6.74. The van der Waals surface area contributed by atoms with Gasteiger partial charge in [0, 0.05) is 25.4 Å². The lowest BCUT2D eigenvalue weighted by molar-refractivity contribution is -0.0583. The highest BCUT2D eigenvalue weighted by Gasteiger charge is 2.39. The minimum atomic E-state index is -2.46. The standard InChI is InChI=1S/C13H23F2NO/c1-10-4-6-16(12(10)9-17)8-11-3-2-5-13(14,15)7-11/h10-12,17H,2-9H2,1H3. The summed E-state index contributed by atoms with van der Waals surface area (Å²) in [7, 11) is 0. The Morgan fingerprint density at radius 2 is 2.12 bits per heavy atom. The van der Waals surface area contributed by atoms with E-state index in [2.05, 4.69) is 11.8 Å². The maximum Gasteiger partial charge on any atom is 0.248 e. The maximum absolute atomic E-state index is 13.3. The van der Waals surface area contributed by atoms with Gasteiger partial charge in [-0.25, -0.2) is 8.78 Å². The second-order valence-corrected chi connectivity index (χ2v) is 5.83. The molecule has 4 heteroatoms. The predicted octanol–water partition coefficient (Wildman–Crippen LogP) is 2.51. The number of rotatable bonds is 3. The van der Waals surface area contributed by atoms with Gasteiger partial charge in [-0.05, 0) is 37.6 Å². The zero-order valence-corrected chi connectivity index (χ0v) is 10.5. The van der Waals surface area contributed by atoms with Crippen molar-refractivity contribution < 1.29 is 13.9 Å². The molecule has 17 heavy (non-hydrogen) atoms. The first-order valence-electron chi connectivity index (χ1n) is 6.74. The molecule has 100 valence electrons. The molecular weight excluding hydrogens is 224 g/mol. The number of hydrogen-bond donors (Lipinski definition) is 1. The molecule has 1 aliphatic heterocycles. The van der Waals surface area contributed by atoms with Crippen LogP contribution < -0.4 is 0 Å². The number of hydrogen-bond acceptors (Lipinski definition) is 2. The van der Waals surface area contributed by atoms with E-state index in [1.54, 1.807) is 0 Å². The SMILES string of the molecule is CC1CCN(CC2CCCC(F)(F)C2)C1CO. The molecule has 2 rings (SSSR count). The fraction of sp³-hybridized carbons (Fsp3) is 1.00. The van der Waals surface area contributed by atoms with Gasteiger partial charge in [0.25, 0.3) is 0 Å². The fourth-order valence-electron chi connectivity index (χ4n) is 3.37. The minimum Gasteiger partial charge on any atom is -0.395 e. The Hall–Kier alpha value is -0.220. The Labute approximate surface area is 102 Å².